The second-order valence-electron chi connectivity index (χ2n) is 6.44. The van der Waals surface area contributed by atoms with Crippen LogP contribution in [0.15, 0.2) is 42.6 Å². The first-order chi connectivity index (χ1) is 12.6. The van der Waals surface area contributed by atoms with Crippen LogP contribution in [0.2, 0.25) is 0 Å². The number of aromatic nitrogens is 1. The summed E-state index contributed by atoms with van der Waals surface area (Å²) in [7, 11) is 0. The van der Waals surface area contributed by atoms with Gasteiger partial charge in [0.05, 0.1) is 0 Å². The summed E-state index contributed by atoms with van der Waals surface area (Å²) in [5, 5.41) is 0. The molecule has 3 heterocycles. The van der Waals surface area contributed by atoms with E-state index in [2.05, 4.69) is 4.98 Å². The number of nitrogens with zero attached hydrogens (tertiary/aromatic N) is 3. The lowest BCUT2D eigenvalue weighted by Gasteiger charge is -2.29. The molecule has 1 aromatic carbocycles. The Morgan fingerprint density at radius 3 is 2.96 bits per heavy atom. The summed E-state index contributed by atoms with van der Waals surface area (Å²) < 4.78 is 19.3. The molecule has 2 aliphatic rings. The number of halogens is 1. The number of benzene rings is 1. The Morgan fingerprint density at radius 1 is 1.27 bits per heavy atom. The van der Waals surface area contributed by atoms with Crippen molar-refractivity contribution in [3.63, 3.8) is 0 Å². The number of hydrogen-bond donors (Lipinski definition) is 0. The Bertz CT molecular complexity index is 857. The molecule has 0 aliphatic carbocycles. The first-order valence-electron chi connectivity index (χ1n) is 8.54. The lowest BCUT2D eigenvalue weighted by Crippen LogP contribution is -2.46. The molecule has 134 valence electrons. The van der Waals surface area contributed by atoms with Crippen molar-refractivity contribution in [1.29, 1.82) is 0 Å². The number of carbonyl (C=O) groups is 2. The molecule has 0 unspecified atom stereocenters. The summed E-state index contributed by atoms with van der Waals surface area (Å²) in [4.78, 5) is 32.1. The Balaban J connectivity index is 1.46. The molecule has 0 spiro atoms. The Labute approximate surface area is 150 Å². The van der Waals surface area contributed by atoms with Gasteiger partial charge in [0.1, 0.15) is 12.4 Å². The average Bonchev–Trinajstić information content (AvgIpc) is 3.14. The van der Waals surface area contributed by atoms with Gasteiger partial charge in [-0.1, -0.05) is 18.2 Å². The number of rotatable bonds is 3. The van der Waals surface area contributed by atoms with Crippen LogP contribution in [0.3, 0.4) is 0 Å². The minimum Gasteiger partial charge on any atom is -0.480 e. The fourth-order valence-electron chi connectivity index (χ4n) is 3.48. The predicted molar refractivity (Wildman–Crippen MR) is 92.4 cm³/mol. The number of anilines is 1. The van der Waals surface area contributed by atoms with Gasteiger partial charge < -0.3 is 9.64 Å². The summed E-state index contributed by atoms with van der Waals surface area (Å²) in [6.07, 6.45) is 2.26. The van der Waals surface area contributed by atoms with Gasteiger partial charge in [-0.05, 0) is 30.2 Å². The Kier molecular flexibility index (Phi) is 4.28. The number of amides is 2. The van der Waals surface area contributed by atoms with E-state index in [-0.39, 0.29) is 36.7 Å². The highest BCUT2D eigenvalue weighted by atomic mass is 19.1. The second kappa shape index (κ2) is 6.74. The molecule has 2 amide bonds. The van der Waals surface area contributed by atoms with Crippen LogP contribution in [0.1, 0.15) is 17.9 Å². The van der Waals surface area contributed by atoms with Crippen molar-refractivity contribution >= 4 is 17.6 Å². The van der Waals surface area contributed by atoms with Gasteiger partial charge in [0, 0.05) is 25.2 Å². The molecule has 2 aliphatic heterocycles. The molecule has 26 heavy (non-hydrogen) atoms. The van der Waals surface area contributed by atoms with E-state index in [4.69, 9.17) is 4.74 Å². The molecule has 0 saturated carbocycles. The molecule has 0 bridgehead atoms. The normalized spacial score (nSPS) is 19.3. The number of ether oxygens (including phenoxy) is 1. The number of pyridine rings is 1. The van der Waals surface area contributed by atoms with Gasteiger partial charge in [0.25, 0.3) is 5.91 Å². The van der Waals surface area contributed by atoms with E-state index in [1.165, 1.54) is 11.0 Å². The summed E-state index contributed by atoms with van der Waals surface area (Å²) in [5.41, 5.74) is 0.636. The second-order valence-corrected chi connectivity index (χ2v) is 6.44. The van der Waals surface area contributed by atoms with Crippen LogP contribution in [0.5, 0.6) is 5.75 Å². The quantitative estimate of drug-likeness (QED) is 0.844. The lowest BCUT2D eigenvalue weighted by atomic mass is 9.98. The third kappa shape index (κ3) is 3.00. The SMILES string of the molecule is O=C(CN1C(=O)COc2cccnc21)N1CC[C@H](c2ccccc2F)C1. The average molecular weight is 355 g/mol. The molecule has 1 saturated heterocycles. The molecule has 2 aromatic rings. The van der Waals surface area contributed by atoms with Gasteiger partial charge in [-0.3, -0.25) is 14.5 Å². The van der Waals surface area contributed by atoms with Crippen LogP contribution in [-0.4, -0.2) is 47.9 Å². The fraction of sp³-hybridized carbons (Fsp3) is 0.316. The van der Waals surface area contributed by atoms with Gasteiger partial charge >= 0.3 is 0 Å². The van der Waals surface area contributed by atoms with Crippen molar-refractivity contribution in [3.8, 4) is 5.75 Å². The molecule has 7 heteroatoms. The minimum atomic E-state index is -0.297. The van der Waals surface area contributed by atoms with Crippen LogP contribution in [0, 0.1) is 5.82 Å². The molecule has 1 fully saturated rings. The fourth-order valence-corrected chi connectivity index (χ4v) is 3.48. The van der Waals surface area contributed by atoms with Gasteiger partial charge in [0.15, 0.2) is 18.2 Å². The van der Waals surface area contributed by atoms with Crippen LogP contribution < -0.4 is 9.64 Å². The number of likely N-dealkylation sites (tertiary alicyclic amines) is 1. The van der Waals surface area contributed by atoms with E-state index in [0.717, 1.165) is 0 Å². The first-order valence-corrected chi connectivity index (χ1v) is 8.54. The smallest absolute Gasteiger partial charge is 0.266 e. The van der Waals surface area contributed by atoms with Crippen molar-refractivity contribution in [1.82, 2.24) is 9.88 Å². The standard InChI is InChI=1S/C19H18FN3O3/c20-15-5-2-1-4-14(15)13-7-9-22(10-13)17(24)11-23-18(25)12-26-16-6-3-8-21-19(16)23/h1-6,8,13H,7,9-12H2/t13-/m0/s1. The van der Waals surface area contributed by atoms with Crippen LogP contribution in [0.25, 0.3) is 0 Å². The first kappa shape index (κ1) is 16.5. The van der Waals surface area contributed by atoms with Crippen LogP contribution >= 0.6 is 0 Å². The van der Waals surface area contributed by atoms with Crippen molar-refractivity contribution in [2.24, 2.45) is 0 Å². The van der Waals surface area contributed by atoms with Crippen molar-refractivity contribution in [2.45, 2.75) is 12.3 Å². The maximum atomic E-state index is 14.0. The molecule has 0 radical (unpaired) electrons. The van der Waals surface area contributed by atoms with Crippen molar-refractivity contribution < 1.29 is 18.7 Å². The van der Waals surface area contributed by atoms with Gasteiger partial charge in [0.2, 0.25) is 5.91 Å². The summed E-state index contributed by atoms with van der Waals surface area (Å²) >= 11 is 0. The van der Waals surface area contributed by atoms with E-state index in [9.17, 15) is 14.0 Å². The van der Waals surface area contributed by atoms with Crippen molar-refractivity contribution in [2.75, 3.05) is 31.1 Å². The van der Waals surface area contributed by atoms with E-state index in [0.29, 0.717) is 36.6 Å². The molecular weight excluding hydrogens is 337 g/mol. The minimum absolute atomic E-state index is 0.0223. The zero-order valence-corrected chi connectivity index (χ0v) is 14.1. The maximum absolute atomic E-state index is 14.0. The van der Waals surface area contributed by atoms with Gasteiger partial charge in [-0.25, -0.2) is 9.37 Å². The molecule has 1 aromatic heterocycles. The van der Waals surface area contributed by atoms with Gasteiger partial charge in [-0.15, -0.1) is 0 Å². The van der Waals surface area contributed by atoms with Gasteiger partial charge in [-0.2, -0.15) is 0 Å². The number of fused-ring (bicyclic) bond motifs is 1. The van der Waals surface area contributed by atoms with E-state index < -0.39 is 0 Å². The number of hydrogen-bond acceptors (Lipinski definition) is 4. The Morgan fingerprint density at radius 2 is 2.12 bits per heavy atom. The molecule has 4 rings (SSSR count). The highest BCUT2D eigenvalue weighted by Crippen LogP contribution is 2.31. The van der Waals surface area contributed by atoms with Crippen LogP contribution in [0.4, 0.5) is 10.2 Å². The lowest BCUT2D eigenvalue weighted by molar-refractivity contribution is -0.131. The summed E-state index contributed by atoms with van der Waals surface area (Å²) in [6, 6.07) is 10.1. The maximum Gasteiger partial charge on any atom is 0.266 e. The summed E-state index contributed by atoms with van der Waals surface area (Å²) in [5.74, 6) is 0.122. The Hall–Kier alpha value is -2.96. The highest BCUT2D eigenvalue weighted by Gasteiger charge is 2.33. The third-order valence-corrected chi connectivity index (χ3v) is 4.84. The van der Waals surface area contributed by atoms with Crippen molar-refractivity contribution in [3.05, 3.63) is 54.0 Å². The van der Waals surface area contributed by atoms with Crippen LogP contribution in [-0.2, 0) is 9.59 Å². The topological polar surface area (TPSA) is 62.7 Å². The highest BCUT2D eigenvalue weighted by molar-refractivity contribution is 6.01. The predicted octanol–water partition coefficient (Wildman–Crippen LogP) is 1.96. The molecule has 1 atom stereocenters. The molecular formula is C19H18FN3O3. The molecule has 6 nitrogen and oxygen atoms in total. The van der Waals surface area contributed by atoms with E-state index in [1.807, 2.05) is 0 Å². The summed E-state index contributed by atoms with van der Waals surface area (Å²) in [6.45, 7) is 0.804. The zero-order valence-electron chi connectivity index (χ0n) is 14.1. The van der Waals surface area contributed by atoms with E-state index in [1.54, 1.807) is 41.4 Å². The molecule has 0 N–H and O–H groups in total. The zero-order chi connectivity index (χ0) is 18.1. The monoisotopic (exact) mass is 355 g/mol. The third-order valence-electron chi connectivity index (χ3n) is 4.84. The largest absolute Gasteiger partial charge is 0.480 e. The van der Waals surface area contributed by atoms with E-state index >= 15 is 0 Å². The number of carbonyl (C=O) groups excluding carboxylic acids is 2.